The third kappa shape index (κ3) is 3.51. The summed E-state index contributed by atoms with van der Waals surface area (Å²) in [5.41, 5.74) is 7.40. The second-order valence-corrected chi connectivity index (χ2v) is 4.75. The molecule has 2 aromatic rings. The number of hydrogen-bond donors (Lipinski definition) is 1. The summed E-state index contributed by atoms with van der Waals surface area (Å²) in [6.07, 6.45) is 0. The largest absolute Gasteiger partial charge is 0.495 e. The Morgan fingerprint density at radius 1 is 1.29 bits per heavy atom. The summed E-state index contributed by atoms with van der Waals surface area (Å²) in [6, 6.07) is 11.0. The highest BCUT2D eigenvalue weighted by Gasteiger charge is 2.14. The number of halogens is 1. The van der Waals surface area contributed by atoms with Crippen LogP contribution in [0.4, 0.5) is 10.1 Å². The van der Waals surface area contributed by atoms with E-state index in [2.05, 4.69) is 0 Å². The van der Waals surface area contributed by atoms with Crippen molar-refractivity contribution >= 4 is 11.6 Å². The van der Waals surface area contributed by atoms with Crippen LogP contribution in [-0.2, 0) is 6.54 Å². The molecule has 0 heterocycles. The second-order valence-electron chi connectivity index (χ2n) is 4.75. The number of benzene rings is 2. The molecule has 1 amide bonds. The molecule has 0 atom stereocenters. The zero-order chi connectivity index (χ0) is 15.4. The molecule has 0 aromatic heterocycles. The van der Waals surface area contributed by atoms with Crippen molar-refractivity contribution in [2.75, 3.05) is 19.9 Å². The van der Waals surface area contributed by atoms with E-state index in [1.54, 1.807) is 37.4 Å². The van der Waals surface area contributed by atoms with E-state index in [-0.39, 0.29) is 11.7 Å². The van der Waals surface area contributed by atoms with Crippen molar-refractivity contribution in [1.29, 1.82) is 0 Å². The monoisotopic (exact) mass is 288 g/mol. The van der Waals surface area contributed by atoms with Crippen LogP contribution < -0.4 is 10.5 Å². The summed E-state index contributed by atoms with van der Waals surface area (Å²) in [6.45, 7) is 0.323. The van der Waals surface area contributed by atoms with Crippen molar-refractivity contribution in [3.63, 3.8) is 0 Å². The number of anilines is 1. The van der Waals surface area contributed by atoms with Crippen LogP contribution in [0.2, 0.25) is 0 Å². The van der Waals surface area contributed by atoms with E-state index in [9.17, 15) is 9.18 Å². The summed E-state index contributed by atoms with van der Waals surface area (Å²) >= 11 is 0. The molecule has 0 spiro atoms. The number of hydrogen-bond acceptors (Lipinski definition) is 3. The van der Waals surface area contributed by atoms with Gasteiger partial charge in [0.15, 0.2) is 0 Å². The number of amides is 1. The smallest absolute Gasteiger partial charge is 0.254 e. The van der Waals surface area contributed by atoms with Gasteiger partial charge in [0.25, 0.3) is 5.91 Å². The molecule has 0 aliphatic rings. The van der Waals surface area contributed by atoms with Crippen molar-refractivity contribution in [2.45, 2.75) is 6.54 Å². The van der Waals surface area contributed by atoms with Crippen molar-refractivity contribution in [3.8, 4) is 5.75 Å². The van der Waals surface area contributed by atoms with Crippen LogP contribution >= 0.6 is 0 Å². The Labute approximate surface area is 122 Å². The molecule has 0 aliphatic heterocycles. The second kappa shape index (κ2) is 6.26. The molecule has 2 N–H and O–H groups in total. The van der Waals surface area contributed by atoms with Gasteiger partial charge < -0.3 is 15.4 Å². The van der Waals surface area contributed by atoms with Gasteiger partial charge in [-0.2, -0.15) is 0 Å². The van der Waals surface area contributed by atoms with Crippen LogP contribution in [0.5, 0.6) is 5.75 Å². The van der Waals surface area contributed by atoms with Gasteiger partial charge in [-0.1, -0.05) is 12.1 Å². The van der Waals surface area contributed by atoms with Gasteiger partial charge in [-0.3, -0.25) is 4.79 Å². The number of carbonyl (C=O) groups is 1. The lowest BCUT2D eigenvalue weighted by Gasteiger charge is -2.18. The number of rotatable bonds is 4. The molecule has 2 rings (SSSR count). The zero-order valence-corrected chi connectivity index (χ0v) is 12.0. The first kappa shape index (κ1) is 14.8. The lowest BCUT2D eigenvalue weighted by molar-refractivity contribution is 0.0784. The third-order valence-corrected chi connectivity index (χ3v) is 3.14. The molecule has 2 aromatic carbocycles. The lowest BCUT2D eigenvalue weighted by atomic mass is 10.1. The Bertz CT molecular complexity index is 658. The molecule has 5 heteroatoms. The van der Waals surface area contributed by atoms with Gasteiger partial charge in [0.05, 0.1) is 12.8 Å². The van der Waals surface area contributed by atoms with E-state index < -0.39 is 0 Å². The minimum Gasteiger partial charge on any atom is -0.495 e. The summed E-state index contributed by atoms with van der Waals surface area (Å²) in [4.78, 5) is 13.9. The highest BCUT2D eigenvalue weighted by Crippen LogP contribution is 2.23. The Hall–Kier alpha value is -2.56. The number of nitrogens with zero attached hydrogens (tertiary/aromatic N) is 1. The molecule has 0 unspecified atom stereocenters. The Balaban J connectivity index is 2.15. The molecule has 21 heavy (non-hydrogen) atoms. The van der Waals surface area contributed by atoms with Crippen LogP contribution in [0.25, 0.3) is 0 Å². The minimum absolute atomic E-state index is 0.183. The predicted octanol–water partition coefficient (Wildman–Crippen LogP) is 2.69. The Morgan fingerprint density at radius 2 is 2.05 bits per heavy atom. The summed E-state index contributed by atoms with van der Waals surface area (Å²) in [7, 11) is 3.16. The number of carbonyl (C=O) groups excluding carboxylic acids is 1. The normalized spacial score (nSPS) is 10.2. The third-order valence-electron chi connectivity index (χ3n) is 3.14. The van der Waals surface area contributed by atoms with Crippen molar-refractivity contribution in [1.82, 2.24) is 4.90 Å². The molecular formula is C16H17FN2O2. The van der Waals surface area contributed by atoms with Crippen molar-refractivity contribution in [2.24, 2.45) is 0 Å². The molecule has 0 saturated heterocycles. The van der Waals surface area contributed by atoms with Crippen molar-refractivity contribution < 1.29 is 13.9 Å². The quantitative estimate of drug-likeness (QED) is 0.880. The standard InChI is InChI=1S/C16H17FN2O2/c1-19(10-11-4-3-5-13(17)8-11)16(20)12-6-7-14(18)15(9-12)21-2/h3-9H,10,18H2,1-2H3. The summed E-state index contributed by atoms with van der Waals surface area (Å²) < 4.78 is 18.3. The fourth-order valence-corrected chi connectivity index (χ4v) is 2.05. The van der Waals surface area contributed by atoms with E-state index >= 15 is 0 Å². The number of nitrogen functional groups attached to an aromatic ring is 1. The van der Waals surface area contributed by atoms with Crippen LogP contribution in [0, 0.1) is 5.82 Å². The number of ether oxygens (including phenoxy) is 1. The summed E-state index contributed by atoms with van der Waals surface area (Å²) in [5.74, 6) is -0.0416. The highest BCUT2D eigenvalue weighted by atomic mass is 19.1. The maximum atomic E-state index is 13.2. The maximum absolute atomic E-state index is 13.2. The van der Waals surface area contributed by atoms with Gasteiger partial charge in [-0.05, 0) is 35.9 Å². The van der Waals surface area contributed by atoms with Gasteiger partial charge in [0.2, 0.25) is 0 Å². The Morgan fingerprint density at radius 3 is 2.71 bits per heavy atom. The maximum Gasteiger partial charge on any atom is 0.254 e. The first-order valence-electron chi connectivity index (χ1n) is 6.44. The van der Waals surface area contributed by atoms with Gasteiger partial charge in [0.1, 0.15) is 11.6 Å². The average Bonchev–Trinajstić information content (AvgIpc) is 2.47. The van der Waals surface area contributed by atoms with Crippen LogP contribution in [0.15, 0.2) is 42.5 Å². The van der Waals surface area contributed by atoms with Gasteiger partial charge in [-0.15, -0.1) is 0 Å². The van der Waals surface area contributed by atoms with E-state index in [0.29, 0.717) is 23.5 Å². The van der Waals surface area contributed by atoms with Crippen LogP contribution in [0.3, 0.4) is 0 Å². The van der Waals surface area contributed by atoms with Gasteiger partial charge in [-0.25, -0.2) is 4.39 Å². The molecule has 0 aliphatic carbocycles. The fraction of sp³-hybridized carbons (Fsp3) is 0.188. The van der Waals surface area contributed by atoms with E-state index in [4.69, 9.17) is 10.5 Å². The van der Waals surface area contributed by atoms with Gasteiger partial charge in [0, 0.05) is 19.2 Å². The molecule has 4 nitrogen and oxygen atoms in total. The summed E-state index contributed by atoms with van der Waals surface area (Å²) in [5, 5.41) is 0. The lowest BCUT2D eigenvalue weighted by Crippen LogP contribution is -2.26. The van der Waals surface area contributed by atoms with Crippen LogP contribution in [0.1, 0.15) is 15.9 Å². The first-order chi connectivity index (χ1) is 10.0. The number of methoxy groups -OCH3 is 1. The average molecular weight is 288 g/mol. The van der Waals surface area contributed by atoms with E-state index in [1.807, 2.05) is 0 Å². The molecule has 0 saturated carbocycles. The topological polar surface area (TPSA) is 55.6 Å². The molecular weight excluding hydrogens is 271 g/mol. The molecule has 110 valence electrons. The first-order valence-corrected chi connectivity index (χ1v) is 6.44. The zero-order valence-electron chi connectivity index (χ0n) is 12.0. The van der Waals surface area contributed by atoms with E-state index in [1.165, 1.54) is 24.1 Å². The predicted molar refractivity (Wildman–Crippen MR) is 79.6 cm³/mol. The number of nitrogens with two attached hydrogens (primary N) is 1. The fourth-order valence-electron chi connectivity index (χ4n) is 2.05. The highest BCUT2D eigenvalue weighted by molar-refractivity contribution is 5.95. The van der Waals surface area contributed by atoms with Gasteiger partial charge >= 0.3 is 0 Å². The van der Waals surface area contributed by atoms with Crippen molar-refractivity contribution in [3.05, 3.63) is 59.4 Å². The Kier molecular flexibility index (Phi) is 4.42. The molecule has 0 radical (unpaired) electrons. The van der Waals surface area contributed by atoms with E-state index in [0.717, 1.165) is 5.56 Å². The minimum atomic E-state index is -0.317. The molecule has 0 fully saturated rings. The SMILES string of the molecule is COc1cc(C(=O)N(C)Cc2cccc(F)c2)ccc1N. The van der Waals surface area contributed by atoms with Crippen LogP contribution in [-0.4, -0.2) is 25.0 Å². The molecule has 0 bridgehead atoms.